The molecule has 0 radical (unpaired) electrons. The number of pyridine rings is 1. The Bertz CT molecular complexity index is 1360. The molecule has 160 valence electrons. The third-order valence-corrected chi connectivity index (χ3v) is 6.27. The van der Waals surface area contributed by atoms with Crippen LogP contribution in [-0.2, 0) is 22.4 Å². The summed E-state index contributed by atoms with van der Waals surface area (Å²) in [5.41, 5.74) is 2.80. The van der Waals surface area contributed by atoms with E-state index in [1.807, 2.05) is 31.2 Å². The molecule has 0 spiro atoms. The first-order valence-corrected chi connectivity index (χ1v) is 11.5. The number of aryl methyl sites for hydroxylation is 1. The van der Waals surface area contributed by atoms with Crippen LogP contribution in [0.25, 0.3) is 28.0 Å². The average Bonchev–Trinajstić information content (AvgIpc) is 3.11. The second kappa shape index (κ2) is 7.53. The van der Waals surface area contributed by atoms with Crippen LogP contribution in [0.4, 0.5) is 13.2 Å². The Morgan fingerprint density at radius 1 is 0.903 bits per heavy atom. The predicted octanol–water partition coefficient (Wildman–Crippen LogP) is 5.65. The Balaban J connectivity index is 1.78. The molecule has 0 saturated heterocycles. The van der Waals surface area contributed by atoms with E-state index >= 15 is 0 Å². The van der Waals surface area contributed by atoms with E-state index in [0.29, 0.717) is 17.8 Å². The lowest BCUT2D eigenvalue weighted by Gasteiger charge is -2.10. The number of sulfone groups is 1. The van der Waals surface area contributed by atoms with Crippen molar-refractivity contribution in [2.45, 2.75) is 24.4 Å². The van der Waals surface area contributed by atoms with E-state index in [4.69, 9.17) is 0 Å². The molecule has 31 heavy (non-hydrogen) atoms. The molecule has 2 aromatic carbocycles. The monoisotopic (exact) mass is 444 g/mol. The molecule has 0 aliphatic heterocycles. The Morgan fingerprint density at radius 3 is 1.97 bits per heavy atom. The molecule has 0 bridgehead atoms. The number of imidazole rings is 1. The van der Waals surface area contributed by atoms with Crippen molar-refractivity contribution >= 4 is 15.5 Å². The summed E-state index contributed by atoms with van der Waals surface area (Å²) in [6, 6.07) is 16.4. The van der Waals surface area contributed by atoms with Crippen LogP contribution in [0.1, 0.15) is 18.2 Å². The van der Waals surface area contributed by atoms with Gasteiger partial charge in [0.05, 0.1) is 21.8 Å². The minimum atomic E-state index is -4.49. The summed E-state index contributed by atoms with van der Waals surface area (Å²) in [5, 5.41) is 0. The first-order chi connectivity index (χ1) is 14.6. The van der Waals surface area contributed by atoms with Gasteiger partial charge in [0.25, 0.3) is 0 Å². The van der Waals surface area contributed by atoms with Crippen molar-refractivity contribution in [1.29, 1.82) is 0 Å². The second-order valence-corrected chi connectivity index (χ2v) is 9.26. The maximum atomic E-state index is 13.4. The highest BCUT2D eigenvalue weighted by molar-refractivity contribution is 7.90. The van der Waals surface area contributed by atoms with Crippen LogP contribution in [0.15, 0.2) is 71.8 Å². The van der Waals surface area contributed by atoms with Crippen LogP contribution in [0.2, 0.25) is 0 Å². The number of aromatic nitrogens is 2. The average molecular weight is 444 g/mol. The van der Waals surface area contributed by atoms with Gasteiger partial charge in [0, 0.05) is 18.0 Å². The lowest BCUT2D eigenvalue weighted by atomic mass is 10.0. The molecule has 4 rings (SSSR count). The number of hydrogen-bond acceptors (Lipinski definition) is 3. The summed E-state index contributed by atoms with van der Waals surface area (Å²) in [5.74, 6) is 0. The molecule has 4 nitrogen and oxygen atoms in total. The Labute approximate surface area is 177 Å². The molecule has 2 aromatic heterocycles. The van der Waals surface area contributed by atoms with Gasteiger partial charge in [-0.15, -0.1) is 0 Å². The molecule has 0 N–H and O–H groups in total. The van der Waals surface area contributed by atoms with Gasteiger partial charge in [0.15, 0.2) is 9.84 Å². The number of nitrogens with zero attached hydrogens (tertiary/aromatic N) is 2. The van der Waals surface area contributed by atoms with Gasteiger partial charge in [-0.3, -0.25) is 4.40 Å². The third-order valence-electron chi connectivity index (χ3n) is 5.14. The summed E-state index contributed by atoms with van der Waals surface area (Å²) in [4.78, 5) is 4.52. The molecular weight excluding hydrogens is 425 g/mol. The highest BCUT2D eigenvalue weighted by Crippen LogP contribution is 2.35. The molecule has 0 amide bonds. The molecule has 8 heteroatoms. The van der Waals surface area contributed by atoms with E-state index in [0.717, 1.165) is 29.0 Å². The Hall–Kier alpha value is -3.13. The molecule has 2 heterocycles. The minimum absolute atomic E-state index is 0.109. The minimum Gasteiger partial charge on any atom is -0.299 e. The number of rotatable bonds is 4. The zero-order valence-electron chi connectivity index (χ0n) is 16.8. The quantitative estimate of drug-likeness (QED) is 0.409. The molecule has 4 aromatic rings. The molecule has 0 saturated carbocycles. The summed E-state index contributed by atoms with van der Waals surface area (Å²) in [6.07, 6.45) is -1.26. The molecule has 0 aliphatic rings. The van der Waals surface area contributed by atoms with E-state index in [1.165, 1.54) is 10.5 Å². The molecular formula is C23H19F3N2O2S. The number of alkyl halides is 3. The van der Waals surface area contributed by atoms with Crippen LogP contribution in [0, 0.1) is 0 Å². The molecule has 0 aliphatic carbocycles. The fraction of sp³-hybridized carbons (Fsp3) is 0.174. The molecule has 0 fully saturated rings. The summed E-state index contributed by atoms with van der Waals surface area (Å²) < 4.78 is 65.0. The molecule has 0 unspecified atom stereocenters. The zero-order valence-corrected chi connectivity index (χ0v) is 17.6. The van der Waals surface area contributed by atoms with E-state index < -0.39 is 21.6 Å². The van der Waals surface area contributed by atoms with Crippen molar-refractivity contribution in [2.75, 3.05) is 6.26 Å². The van der Waals surface area contributed by atoms with Crippen LogP contribution in [0.3, 0.4) is 0 Å². The van der Waals surface area contributed by atoms with Crippen molar-refractivity contribution in [3.63, 3.8) is 0 Å². The van der Waals surface area contributed by atoms with Gasteiger partial charge in [-0.05, 0) is 41.8 Å². The standard InChI is InChI=1S/C23H19F3N2O2S/c1-3-20-21(28-14-4-5-19(22(28)27-20)23(24,25)26)17-8-6-15(7-9-17)16-10-12-18(13-11-16)31(2,29)30/h4-14H,3H2,1-2H3. The topological polar surface area (TPSA) is 51.4 Å². The van der Waals surface area contributed by atoms with Crippen molar-refractivity contribution in [3.05, 3.63) is 78.1 Å². The normalized spacial score (nSPS) is 12.4. The van der Waals surface area contributed by atoms with Gasteiger partial charge in [0.1, 0.15) is 5.65 Å². The number of benzene rings is 2. The van der Waals surface area contributed by atoms with Crippen molar-refractivity contribution < 1.29 is 21.6 Å². The Kier molecular flexibility index (Phi) is 5.13. The lowest BCUT2D eigenvalue weighted by Crippen LogP contribution is -2.07. The Morgan fingerprint density at radius 2 is 1.45 bits per heavy atom. The van der Waals surface area contributed by atoms with Gasteiger partial charge in [0.2, 0.25) is 0 Å². The van der Waals surface area contributed by atoms with E-state index in [1.54, 1.807) is 30.5 Å². The number of fused-ring (bicyclic) bond motifs is 1. The number of halogens is 3. The van der Waals surface area contributed by atoms with Crippen LogP contribution in [-0.4, -0.2) is 24.1 Å². The van der Waals surface area contributed by atoms with E-state index in [9.17, 15) is 21.6 Å². The van der Waals surface area contributed by atoms with Crippen LogP contribution in [0.5, 0.6) is 0 Å². The maximum absolute atomic E-state index is 13.4. The van der Waals surface area contributed by atoms with Gasteiger partial charge < -0.3 is 0 Å². The zero-order chi connectivity index (χ0) is 22.4. The van der Waals surface area contributed by atoms with Crippen molar-refractivity contribution in [3.8, 4) is 22.4 Å². The van der Waals surface area contributed by atoms with E-state index in [-0.39, 0.29) is 10.5 Å². The van der Waals surface area contributed by atoms with Crippen LogP contribution >= 0.6 is 0 Å². The third kappa shape index (κ3) is 3.95. The second-order valence-electron chi connectivity index (χ2n) is 7.25. The van der Waals surface area contributed by atoms with Gasteiger partial charge in [-0.1, -0.05) is 43.3 Å². The number of hydrogen-bond donors (Lipinski definition) is 0. The van der Waals surface area contributed by atoms with Crippen molar-refractivity contribution in [1.82, 2.24) is 9.38 Å². The van der Waals surface area contributed by atoms with Gasteiger partial charge in [-0.2, -0.15) is 13.2 Å². The SMILES string of the molecule is CCc1nc2c(C(F)(F)F)cccn2c1-c1ccc(-c2ccc(S(C)(=O)=O)cc2)cc1. The van der Waals surface area contributed by atoms with Gasteiger partial charge >= 0.3 is 6.18 Å². The summed E-state index contributed by atoms with van der Waals surface area (Å²) in [6.45, 7) is 1.86. The van der Waals surface area contributed by atoms with E-state index in [2.05, 4.69) is 4.98 Å². The summed E-state index contributed by atoms with van der Waals surface area (Å²) in [7, 11) is -3.27. The van der Waals surface area contributed by atoms with Gasteiger partial charge in [-0.25, -0.2) is 13.4 Å². The fourth-order valence-electron chi connectivity index (χ4n) is 3.60. The first kappa shape index (κ1) is 21.1. The maximum Gasteiger partial charge on any atom is 0.419 e. The summed E-state index contributed by atoms with van der Waals surface area (Å²) >= 11 is 0. The first-order valence-electron chi connectivity index (χ1n) is 9.57. The van der Waals surface area contributed by atoms with Crippen LogP contribution < -0.4 is 0 Å². The lowest BCUT2D eigenvalue weighted by molar-refractivity contribution is -0.136. The highest BCUT2D eigenvalue weighted by Gasteiger charge is 2.34. The fourth-order valence-corrected chi connectivity index (χ4v) is 4.23. The van der Waals surface area contributed by atoms with Crippen molar-refractivity contribution in [2.24, 2.45) is 0 Å². The molecule has 0 atom stereocenters. The highest BCUT2D eigenvalue weighted by atomic mass is 32.2. The predicted molar refractivity (Wildman–Crippen MR) is 114 cm³/mol. The largest absolute Gasteiger partial charge is 0.419 e. The smallest absolute Gasteiger partial charge is 0.299 e.